The fraction of sp³-hybridized carbons (Fsp3) is 0.833. The van der Waals surface area contributed by atoms with Crippen molar-refractivity contribution in [3.05, 3.63) is 0 Å². The molecule has 1 saturated heterocycles. The monoisotopic (exact) mass is 242 g/mol. The van der Waals surface area contributed by atoms with Crippen LogP contribution in [0.25, 0.3) is 0 Å². The molecular formula is C12H22N2O3. The zero-order chi connectivity index (χ0) is 12.7. The minimum absolute atomic E-state index is 0.0221. The van der Waals surface area contributed by atoms with Crippen molar-refractivity contribution < 1.29 is 14.3 Å². The van der Waals surface area contributed by atoms with E-state index in [4.69, 9.17) is 10.5 Å². The number of hydrogen-bond acceptors (Lipinski definition) is 4. The molecular weight excluding hydrogens is 220 g/mol. The van der Waals surface area contributed by atoms with Crippen LogP contribution in [0, 0.1) is 5.92 Å². The second-order valence-electron chi connectivity index (χ2n) is 4.37. The summed E-state index contributed by atoms with van der Waals surface area (Å²) in [7, 11) is 0. The molecule has 5 nitrogen and oxygen atoms in total. The maximum absolute atomic E-state index is 11.4. The van der Waals surface area contributed by atoms with Gasteiger partial charge >= 0.3 is 5.97 Å². The summed E-state index contributed by atoms with van der Waals surface area (Å²) in [4.78, 5) is 24.4. The number of hydrogen-bond donors (Lipinski definition) is 1. The van der Waals surface area contributed by atoms with Gasteiger partial charge in [-0.1, -0.05) is 0 Å². The summed E-state index contributed by atoms with van der Waals surface area (Å²) in [5.41, 5.74) is 5.32. The van der Waals surface area contributed by atoms with Crippen molar-refractivity contribution in [3.8, 4) is 0 Å². The summed E-state index contributed by atoms with van der Waals surface area (Å²) in [5, 5.41) is 0. The number of esters is 1. The topological polar surface area (TPSA) is 72.6 Å². The predicted octanol–water partition coefficient (Wildman–Crippen LogP) is 0.527. The van der Waals surface area contributed by atoms with Gasteiger partial charge in [0.05, 0.1) is 13.2 Å². The van der Waals surface area contributed by atoms with Crippen molar-refractivity contribution in [2.45, 2.75) is 32.6 Å². The Labute approximate surface area is 102 Å². The molecule has 0 spiro atoms. The molecule has 1 amide bonds. The van der Waals surface area contributed by atoms with Crippen LogP contribution in [0.4, 0.5) is 0 Å². The van der Waals surface area contributed by atoms with Gasteiger partial charge in [0.25, 0.3) is 0 Å². The first-order chi connectivity index (χ1) is 8.17. The lowest BCUT2D eigenvalue weighted by atomic mass is 9.92. The van der Waals surface area contributed by atoms with E-state index in [9.17, 15) is 9.59 Å². The Balaban J connectivity index is 2.19. The van der Waals surface area contributed by atoms with Gasteiger partial charge in [0.2, 0.25) is 5.91 Å². The first-order valence-electron chi connectivity index (χ1n) is 6.30. The van der Waals surface area contributed by atoms with E-state index in [1.54, 1.807) is 4.90 Å². The number of carbonyl (C=O) groups excluding carboxylic acids is 2. The van der Waals surface area contributed by atoms with E-state index < -0.39 is 0 Å². The van der Waals surface area contributed by atoms with Crippen LogP contribution in [0.15, 0.2) is 0 Å². The molecule has 1 aliphatic heterocycles. The van der Waals surface area contributed by atoms with Gasteiger partial charge < -0.3 is 15.4 Å². The molecule has 0 aromatic carbocycles. The Morgan fingerprint density at radius 1 is 1.35 bits per heavy atom. The number of nitrogens with two attached hydrogens (primary N) is 1. The predicted molar refractivity (Wildman–Crippen MR) is 64.2 cm³/mol. The molecule has 1 aliphatic rings. The summed E-state index contributed by atoms with van der Waals surface area (Å²) in [6.07, 6.45) is 3.28. The number of ether oxygens (including phenoxy) is 1. The van der Waals surface area contributed by atoms with E-state index >= 15 is 0 Å². The van der Waals surface area contributed by atoms with Gasteiger partial charge in [-0.3, -0.25) is 9.59 Å². The lowest BCUT2D eigenvalue weighted by molar-refractivity contribution is -0.143. The third-order valence-corrected chi connectivity index (χ3v) is 3.20. The number of nitrogens with zero attached hydrogens (tertiary/aromatic N) is 1. The average molecular weight is 242 g/mol. The zero-order valence-electron chi connectivity index (χ0n) is 10.5. The Morgan fingerprint density at radius 3 is 2.53 bits per heavy atom. The molecule has 2 N–H and O–H groups in total. The highest BCUT2D eigenvalue weighted by Crippen LogP contribution is 2.21. The van der Waals surface area contributed by atoms with Crippen LogP contribution in [-0.4, -0.2) is 43.0 Å². The second-order valence-corrected chi connectivity index (χ2v) is 4.37. The van der Waals surface area contributed by atoms with Gasteiger partial charge in [0.15, 0.2) is 0 Å². The maximum Gasteiger partial charge on any atom is 0.305 e. The van der Waals surface area contributed by atoms with Gasteiger partial charge in [0.1, 0.15) is 0 Å². The Hall–Kier alpha value is -1.10. The van der Waals surface area contributed by atoms with Crippen LogP contribution < -0.4 is 5.73 Å². The van der Waals surface area contributed by atoms with Crippen molar-refractivity contribution in [2.24, 2.45) is 11.7 Å². The third-order valence-electron chi connectivity index (χ3n) is 3.20. The number of rotatable bonds is 5. The SMILES string of the molecule is CCOC(=O)CCC1CCN(C(=O)CN)CC1. The van der Waals surface area contributed by atoms with E-state index in [1.165, 1.54) is 0 Å². The number of piperidine rings is 1. The molecule has 1 fully saturated rings. The standard InChI is InChI=1S/C12H22N2O3/c1-2-17-12(16)4-3-10-5-7-14(8-6-10)11(15)9-13/h10H,2-9,13H2,1H3. The van der Waals surface area contributed by atoms with Crippen molar-refractivity contribution in [1.29, 1.82) is 0 Å². The minimum Gasteiger partial charge on any atom is -0.466 e. The van der Waals surface area contributed by atoms with Gasteiger partial charge in [-0.2, -0.15) is 0 Å². The van der Waals surface area contributed by atoms with Crippen LogP contribution >= 0.6 is 0 Å². The van der Waals surface area contributed by atoms with Crippen LogP contribution in [-0.2, 0) is 14.3 Å². The molecule has 0 radical (unpaired) electrons. The Bertz CT molecular complexity index is 260. The first kappa shape index (κ1) is 14.0. The lowest BCUT2D eigenvalue weighted by Gasteiger charge is -2.31. The summed E-state index contributed by atoms with van der Waals surface area (Å²) in [6.45, 7) is 3.89. The molecule has 0 atom stereocenters. The average Bonchev–Trinajstić information content (AvgIpc) is 2.36. The fourth-order valence-electron chi connectivity index (χ4n) is 2.16. The third kappa shape index (κ3) is 4.73. The molecule has 0 bridgehead atoms. The van der Waals surface area contributed by atoms with Crippen molar-refractivity contribution in [3.63, 3.8) is 0 Å². The van der Waals surface area contributed by atoms with E-state index in [1.807, 2.05) is 6.92 Å². The van der Waals surface area contributed by atoms with E-state index in [-0.39, 0.29) is 18.4 Å². The van der Waals surface area contributed by atoms with E-state index in [0.717, 1.165) is 32.4 Å². The van der Waals surface area contributed by atoms with Crippen LogP contribution in [0.5, 0.6) is 0 Å². The molecule has 0 saturated carbocycles. The highest BCUT2D eigenvalue weighted by atomic mass is 16.5. The zero-order valence-corrected chi connectivity index (χ0v) is 10.5. The van der Waals surface area contributed by atoms with E-state index in [2.05, 4.69) is 0 Å². The number of likely N-dealkylation sites (tertiary alicyclic amines) is 1. The Kier molecular flexibility index (Phi) is 5.97. The molecule has 0 aromatic heterocycles. The molecule has 5 heteroatoms. The molecule has 1 heterocycles. The van der Waals surface area contributed by atoms with Gasteiger partial charge in [0, 0.05) is 19.5 Å². The molecule has 1 rings (SSSR count). The maximum atomic E-state index is 11.4. The number of carbonyl (C=O) groups is 2. The molecule has 0 aliphatic carbocycles. The Morgan fingerprint density at radius 2 is 2.00 bits per heavy atom. The molecule has 98 valence electrons. The summed E-state index contributed by atoms with van der Waals surface area (Å²) < 4.78 is 4.89. The van der Waals surface area contributed by atoms with Gasteiger partial charge in [-0.15, -0.1) is 0 Å². The van der Waals surface area contributed by atoms with Crippen molar-refractivity contribution >= 4 is 11.9 Å². The lowest BCUT2D eigenvalue weighted by Crippen LogP contribution is -2.41. The first-order valence-corrected chi connectivity index (χ1v) is 6.30. The largest absolute Gasteiger partial charge is 0.466 e. The van der Waals surface area contributed by atoms with E-state index in [0.29, 0.717) is 18.9 Å². The van der Waals surface area contributed by atoms with Crippen LogP contribution in [0.2, 0.25) is 0 Å². The normalized spacial score (nSPS) is 16.9. The fourth-order valence-corrected chi connectivity index (χ4v) is 2.16. The summed E-state index contributed by atoms with van der Waals surface area (Å²) in [5.74, 6) is 0.433. The minimum atomic E-state index is -0.118. The summed E-state index contributed by atoms with van der Waals surface area (Å²) >= 11 is 0. The molecule has 0 aromatic rings. The summed E-state index contributed by atoms with van der Waals surface area (Å²) in [6, 6.07) is 0. The van der Waals surface area contributed by atoms with Crippen LogP contribution in [0.1, 0.15) is 32.6 Å². The van der Waals surface area contributed by atoms with Gasteiger partial charge in [-0.05, 0) is 32.1 Å². The van der Waals surface area contributed by atoms with Crippen LogP contribution in [0.3, 0.4) is 0 Å². The highest BCUT2D eigenvalue weighted by molar-refractivity contribution is 5.78. The second kappa shape index (κ2) is 7.27. The molecule has 0 unspecified atom stereocenters. The quantitative estimate of drug-likeness (QED) is 0.714. The molecule has 17 heavy (non-hydrogen) atoms. The van der Waals surface area contributed by atoms with Crippen molar-refractivity contribution in [2.75, 3.05) is 26.2 Å². The highest BCUT2D eigenvalue weighted by Gasteiger charge is 2.22. The number of amides is 1. The van der Waals surface area contributed by atoms with Gasteiger partial charge in [-0.25, -0.2) is 0 Å². The van der Waals surface area contributed by atoms with Crippen molar-refractivity contribution in [1.82, 2.24) is 4.90 Å². The smallest absolute Gasteiger partial charge is 0.305 e.